The van der Waals surface area contributed by atoms with Gasteiger partial charge in [0.15, 0.2) is 0 Å². The number of hydrogen-bond donors (Lipinski definition) is 1. The van der Waals surface area contributed by atoms with Crippen LogP contribution in [0.3, 0.4) is 0 Å². The molecule has 3 heteroatoms. The molecule has 1 N–H and O–H groups in total. The summed E-state index contributed by atoms with van der Waals surface area (Å²) in [4.78, 5) is 15.4. The van der Waals surface area contributed by atoms with Crippen molar-refractivity contribution >= 4 is 11.6 Å². The number of carbonyl (C=O) groups excluding carboxylic acids is 1. The Hall–Kier alpha value is -1.51. The van der Waals surface area contributed by atoms with Gasteiger partial charge in [0.25, 0.3) is 5.91 Å². The van der Waals surface area contributed by atoms with Gasteiger partial charge in [0.2, 0.25) is 0 Å². The SMILES string of the molecule is CC(C)C[C@]1(C)Nc2ccccc2C(=O)N1C1CCCCC1. The number of hydrogen-bond acceptors (Lipinski definition) is 2. The summed E-state index contributed by atoms with van der Waals surface area (Å²) in [7, 11) is 0. The summed E-state index contributed by atoms with van der Waals surface area (Å²) in [6, 6.07) is 8.33. The molecule has 2 aliphatic rings. The summed E-state index contributed by atoms with van der Waals surface area (Å²) in [5, 5.41) is 3.69. The Kier molecular flexibility index (Phi) is 4.16. The van der Waals surface area contributed by atoms with Crippen LogP contribution >= 0.6 is 0 Å². The van der Waals surface area contributed by atoms with Crippen LogP contribution in [-0.2, 0) is 0 Å². The van der Waals surface area contributed by atoms with Gasteiger partial charge in [-0.25, -0.2) is 0 Å². The minimum Gasteiger partial charge on any atom is -0.362 e. The molecule has 3 nitrogen and oxygen atoms in total. The third-order valence-electron chi connectivity index (χ3n) is 5.06. The topological polar surface area (TPSA) is 32.3 Å². The molecule has 0 bridgehead atoms. The van der Waals surface area contributed by atoms with Gasteiger partial charge in [0.05, 0.1) is 5.56 Å². The van der Waals surface area contributed by atoms with E-state index in [1.165, 1.54) is 19.3 Å². The third-order valence-corrected chi connectivity index (χ3v) is 5.06. The maximum atomic E-state index is 13.2. The van der Waals surface area contributed by atoms with Crippen LogP contribution in [0, 0.1) is 5.92 Å². The third kappa shape index (κ3) is 2.73. The van der Waals surface area contributed by atoms with Crippen molar-refractivity contribution < 1.29 is 4.79 Å². The predicted molar refractivity (Wildman–Crippen MR) is 91.0 cm³/mol. The first kappa shape index (κ1) is 15.4. The van der Waals surface area contributed by atoms with Gasteiger partial charge in [-0.15, -0.1) is 0 Å². The highest BCUT2D eigenvalue weighted by Crippen LogP contribution is 2.39. The number of benzene rings is 1. The lowest BCUT2D eigenvalue weighted by Gasteiger charge is -2.51. The Morgan fingerprint density at radius 1 is 1.23 bits per heavy atom. The Bertz CT molecular complexity index is 548. The molecule has 1 atom stereocenters. The maximum Gasteiger partial charge on any atom is 0.258 e. The Labute approximate surface area is 134 Å². The fourth-order valence-electron chi connectivity index (χ4n) is 4.34. The zero-order valence-corrected chi connectivity index (χ0v) is 14.1. The van der Waals surface area contributed by atoms with E-state index in [1.54, 1.807) is 0 Å². The van der Waals surface area contributed by atoms with Gasteiger partial charge in [-0.1, -0.05) is 45.2 Å². The molecular weight excluding hydrogens is 272 g/mol. The smallest absolute Gasteiger partial charge is 0.258 e. The first-order valence-corrected chi connectivity index (χ1v) is 8.72. The van der Waals surface area contributed by atoms with Crippen molar-refractivity contribution in [1.29, 1.82) is 0 Å². The van der Waals surface area contributed by atoms with Crippen molar-refractivity contribution in [1.82, 2.24) is 4.90 Å². The van der Waals surface area contributed by atoms with Crippen molar-refractivity contribution in [2.45, 2.75) is 71.0 Å². The number of carbonyl (C=O) groups is 1. The average molecular weight is 300 g/mol. The molecule has 1 heterocycles. The van der Waals surface area contributed by atoms with E-state index in [-0.39, 0.29) is 11.6 Å². The number of nitrogens with one attached hydrogen (secondary N) is 1. The molecule has 1 amide bonds. The van der Waals surface area contributed by atoms with Crippen LogP contribution < -0.4 is 5.32 Å². The standard InChI is InChI=1S/C19H28N2O/c1-14(2)13-19(3)20-17-12-8-7-11-16(17)18(22)21(19)15-9-5-4-6-10-15/h7-8,11-12,14-15,20H,4-6,9-10,13H2,1-3H3/t19-/m1/s1. The molecule has 1 fully saturated rings. The van der Waals surface area contributed by atoms with E-state index in [0.29, 0.717) is 12.0 Å². The predicted octanol–water partition coefficient (Wildman–Crippen LogP) is 4.65. The van der Waals surface area contributed by atoms with Crippen molar-refractivity contribution in [3.05, 3.63) is 29.8 Å². The van der Waals surface area contributed by atoms with E-state index in [2.05, 4.69) is 31.0 Å². The average Bonchev–Trinajstić information content (AvgIpc) is 2.47. The van der Waals surface area contributed by atoms with Crippen LogP contribution in [0.25, 0.3) is 0 Å². The molecule has 22 heavy (non-hydrogen) atoms. The van der Waals surface area contributed by atoms with Crippen LogP contribution in [0.4, 0.5) is 5.69 Å². The molecule has 0 spiro atoms. The van der Waals surface area contributed by atoms with Crippen LogP contribution in [0.15, 0.2) is 24.3 Å². The first-order valence-electron chi connectivity index (χ1n) is 8.72. The van der Waals surface area contributed by atoms with E-state index in [1.807, 2.05) is 24.3 Å². The van der Waals surface area contributed by atoms with Gasteiger partial charge in [0.1, 0.15) is 5.66 Å². The van der Waals surface area contributed by atoms with E-state index >= 15 is 0 Å². The molecule has 1 aliphatic heterocycles. The van der Waals surface area contributed by atoms with Crippen molar-refractivity contribution in [2.75, 3.05) is 5.32 Å². The molecular formula is C19H28N2O. The zero-order valence-electron chi connectivity index (χ0n) is 14.1. The van der Waals surface area contributed by atoms with E-state index in [0.717, 1.165) is 30.5 Å². The second-order valence-electron chi connectivity index (χ2n) is 7.51. The van der Waals surface area contributed by atoms with Crippen molar-refractivity contribution in [2.24, 2.45) is 5.92 Å². The monoisotopic (exact) mass is 300 g/mol. The van der Waals surface area contributed by atoms with Gasteiger partial charge in [0, 0.05) is 11.7 Å². The summed E-state index contributed by atoms with van der Waals surface area (Å²) in [5.74, 6) is 0.756. The number of para-hydroxylation sites is 1. The number of fused-ring (bicyclic) bond motifs is 1. The second-order valence-corrected chi connectivity index (χ2v) is 7.51. The molecule has 0 aromatic heterocycles. The fraction of sp³-hybridized carbons (Fsp3) is 0.632. The minimum atomic E-state index is -0.276. The fourth-order valence-corrected chi connectivity index (χ4v) is 4.34. The van der Waals surface area contributed by atoms with Gasteiger partial charge in [-0.05, 0) is 44.2 Å². The highest BCUT2D eigenvalue weighted by Gasteiger charge is 2.44. The summed E-state index contributed by atoms with van der Waals surface area (Å²) < 4.78 is 0. The highest BCUT2D eigenvalue weighted by molar-refractivity contribution is 6.02. The van der Waals surface area contributed by atoms with Crippen molar-refractivity contribution in [3.8, 4) is 0 Å². The molecule has 1 aromatic carbocycles. The van der Waals surface area contributed by atoms with Crippen LogP contribution in [0.2, 0.25) is 0 Å². The Morgan fingerprint density at radius 3 is 2.59 bits per heavy atom. The number of rotatable bonds is 3. The maximum absolute atomic E-state index is 13.2. The normalized spacial score (nSPS) is 26.0. The molecule has 0 radical (unpaired) electrons. The molecule has 3 rings (SSSR count). The minimum absolute atomic E-state index is 0.212. The van der Waals surface area contributed by atoms with E-state index in [4.69, 9.17) is 0 Å². The van der Waals surface area contributed by atoms with Gasteiger partial charge in [-0.2, -0.15) is 0 Å². The van der Waals surface area contributed by atoms with Gasteiger partial charge >= 0.3 is 0 Å². The molecule has 0 unspecified atom stereocenters. The quantitative estimate of drug-likeness (QED) is 0.881. The zero-order chi connectivity index (χ0) is 15.7. The number of nitrogens with zero attached hydrogens (tertiary/aromatic N) is 1. The van der Waals surface area contributed by atoms with Crippen LogP contribution in [-0.4, -0.2) is 22.5 Å². The summed E-state index contributed by atoms with van der Waals surface area (Å²) in [5.41, 5.74) is 1.54. The van der Waals surface area contributed by atoms with Gasteiger partial charge in [-0.3, -0.25) is 4.79 Å². The lowest BCUT2D eigenvalue weighted by Crippen LogP contribution is -2.62. The number of amides is 1. The van der Waals surface area contributed by atoms with E-state index in [9.17, 15) is 4.79 Å². The molecule has 0 saturated heterocycles. The lowest BCUT2D eigenvalue weighted by atomic mass is 9.86. The Morgan fingerprint density at radius 2 is 1.91 bits per heavy atom. The second kappa shape index (κ2) is 5.94. The molecule has 1 aliphatic carbocycles. The molecule has 120 valence electrons. The largest absolute Gasteiger partial charge is 0.362 e. The lowest BCUT2D eigenvalue weighted by molar-refractivity contribution is 0.0256. The summed E-state index contributed by atoms with van der Waals surface area (Å²) >= 11 is 0. The number of anilines is 1. The summed E-state index contributed by atoms with van der Waals surface area (Å²) in [6.45, 7) is 6.67. The van der Waals surface area contributed by atoms with Gasteiger partial charge < -0.3 is 10.2 Å². The first-order chi connectivity index (χ1) is 10.5. The van der Waals surface area contributed by atoms with Crippen LogP contribution in [0.1, 0.15) is 69.7 Å². The van der Waals surface area contributed by atoms with E-state index < -0.39 is 0 Å². The molecule has 1 saturated carbocycles. The van der Waals surface area contributed by atoms with Crippen molar-refractivity contribution in [3.63, 3.8) is 0 Å². The molecule has 1 aromatic rings. The van der Waals surface area contributed by atoms with Crippen LogP contribution in [0.5, 0.6) is 0 Å². The summed E-state index contributed by atoms with van der Waals surface area (Å²) in [6.07, 6.45) is 7.06. The Balaban J connectivity index is 2.00. The highest BCUT2D eigenvalue weighted by atomic mass is 16.2.